The lowest BCUT2D eigenvalue weighted by Crippen LogP contribution is -2.32. The summed E-state index contributed by atoms with van der Waals surface area (Å²) in [7, 11) is 0. The third-order valence-electron chi connectivity index (χ3n) is 5.02. The van der Waals surface area contributed by atoms with Crippen molar-refractivity contribution >= 4 is 34.3 Å². The molecule has 1 aromatic heterocycles. The zero-order chi connectivity index (χ0) is 17.8. The molecule has 1 aliphatic heterocycles. The molecule has 0 fully saturated rings. The van der Waals surface area contributed by atoms with Crippen molar-refractivity contribution in [2.45, 2.75) is 23.8 Å². The summed E-state index contributed by atoms with van der Waals surface area (Å²) in [6.45, 7) is 0.952. The monoisotopic (exact) mass is 360 g/mol. The van der Waals surface area contributed by atoms with Crippen LogP contribution in [0.15, 0.2) is 71.8 Å². The fourth-order valence-electron chi connectivity index (χ4n) is 3.65. The van der Waals surface area contributed by atoms with E-state index < -0.39 is 0 Å². The molecule has 1 aliphatic rings. The number of aromatic nitrogens is 1. The Hall–Kier alpha value is -2.23. The van der Waals surface area contributed by atoms with Gasteiger partial charge in [-0.05, 0) is 47.9 Å². The van der Waals surface area contributed by atoms with Crippen LogP contribution in [0, 0.1) is 0 Å². The number of nitrogens with one attached hydrogen (secondary N) is 2. The van der Waals surface area contributed by atoms with E-state index >= 15 is 0 Å². The van der Waals surface area contributed by atoms with Crippen LogP contribution >= 0.6 is 11.8 Å². The van der Waals surface area contributed by atoms with E-state index in [-0.39, 0.29) is 0 Å². The molecule has 132 valence electrons. The van der Waals surface area contributed by atoms with Gasteiger partial charge in [0, 0.05) is 29.1 Å². The highest BCUT2D eigenvalue weighted by Crippen LogP contribution is 2.29. The van der Waals surface area contributed by atoms with Crippen molar-refractivity contribution in [1.29, 1.82) is 0 Å². The summed E-state index contributed by atoms with van der Waals surface area (Å²) in [5.74, 6) is 0. The Morgan fingerprint density at radius 1 is 1.12 bits per heavy atom. The molecule has 1 atom stereocenters. The zero-order valence-electron chi connectivity index (χ0n) is 15.0. The average Bonchev–Trinajstić information content (AvgIpc) is 3.19. The van der Waals surface area contributed by atoms with Gasteiger partial charge < -0.3 is 10.3 Å². The number of hydrogen-bond donors (Lipinski definition) is 2. The molecule has 1 unspecified atom stereocenters. The first-order valence-electron chi connectivity index (χ1n) is 9.13. The summed E-state index contributed by atoms with van der Waals surface area (Å²) in [6, 6.07) is 17.8. The summed E-state index contributed by atoms with van der Waals surface area (Å²) in [4.78, 5) is 4.67. The smallest absolute Gasteiger partial charge is 0.0598 e. The number of thioether (sulfide) groups is 1. The number of benzene rings is 2. The second kappa shape index (κ2) is 7.98. The van der Waals surface area contributed by atoms with E-state index in [1.165, 1.54) is 32.5 Å². The van der Waals surface area contributed by atoms with Crippen molar-refractivity contribution in [2.24, 2.45) is 0 Å². The molecule has 3 heteroatoms. The lowest BCUT2D eigenvalue weighted by atomic mass is 9.93. The van der Waals surface area contributed by atoms with Crippen molar-refractivity contribution in [3.8, 4) is 0 Å². The van der Waals surface area contributed by atoms with E-state index in [0.717, 1.165) is 19.4 Å². The van der Waals surface area contributed by atoms with E-state index in [0.29, 0.717) is 6.04 Å². The Balaban J connectivity index is 1.45. The van der Waals surface area contributed by atoms with E-state index in [4.69, 9.17) is 0 Å². The van der Waals surface area contributed by atoms with Crippen LogP contribution in [0.1, 0.15) is 24.0 Å². The highest BCUT2D eigenvalue weighted by atomic mass is 32.2. The largest absolute Gasteiger partial charge is 0.360 e. The number of rotatable bonds is 5. The molecule has 0 saturated carbocycles. The molecular formula is C23H24N2S. The topological polar surface area (TPSA) is 27.8 Å². The van der Waals surface area contributed by atoms with Crippen LogP contribution in [0.4, 0.5) is 0 Å². The Morgan fingerprint density at radius 3 is 2.85 bits per heavy atom. The third kappa shape index (κ3) is 3.64. The Bertz CT molecular complexity index is 937. The fraction of sp³-hybridized carbons (Fsp3) is 0.217. The number of hydrogen-bond acceptors (Lipinski definition) is 2. The van der Waals surface area contributed by atoms with Gasteiger partial charge in [-0.2, -0.15) is 0 Å². The molecule has 2 nitrogen and oxygen atoms in total. The predicted octanol–water partition coefficient (Wildman–Crippen LogP) is 5.74. The SMILES string of the molecule is CSc1ccc(/C=C/CC2CC(c3ccccc3)=CCN2)c2cc[nH]c12. The number of aromatic amines is 1. The maximum absolute atomic E-state index is 3.62. The van der Waals surface area contributed by atoms with Gasteiger partial charge in [-0.25, -0.2) is 0 Å². The van der Waals surface area contributed by atoms with Gasteiger partial charge in [0.2, 0.25) is 0 Å². The fourth-order valence-corrected chi connectivity index (χ4v) is 4.23. The lowest BCUT2D eigenvalue weighted by Gasteiger charge is -2.23. The van der Waals surface area contributed by atoms with E-state index in [2.05, 4.69) is 83.3 Å². The van der Waals surface area contributed by atoms with Gasteiger partial charge >= 0.3 is 0 Å². The number of H-pyrrole nitrogens is 1. The quantitative estimate of drug-likeness (QED) is 0.568. The molecule has 4 rings (SSSR count). The summed E-state index contributed by atoms with van der Waals surface area (Å²) in [6.07, 6.45) is 13.2. The first-order valence-corrected chi connectivity index (χ1v) is 10.4. The van der Waals surface area contributed by atoms with Crippen LogP contribution in [-0.2, 0) is 0 Å². The van der Waals surface area contributed by atoms with Crippen LogP contribution in [0.5, 0.6) is 0 Å². The van der Waals surface area contributed by atoms with Crippen molar-refractivity contribution in [3.05, 3.63) is 78.0 Å². The van der Waals surface area contributed by atoms with Crippen molar-refractivity contribution in [2.75, 3.05) is 12.8 Å². The summed E-state index contributed by atoms with van der Waals surface area (Å²) >= 11 is 1.78. The lowest BCUT2D eigenvalue weighted by molar-refractivity contribution is 0.542. The van der Waals surface area contributed by atoms with Gasteiger partial charge in [-0.1, -0.05) is 54.6 Å². The summed E-state index contributed by atoms with van der Waals surface area (Å²) < 4.78 is 0. The molecule has 0 amide bonds. The zero-order valence-corrected chi connectivity index (χ0v) is 15.9. The van der Waals surface area contributed by atoms with Gasteiger partial charge in [0.05, 0.1) is 5.52 Å². The molecule has 26 heavy (non-hydrogen) atoms. The minimum Gasteiger partial charge on any atom is -0.360 e. The molecule has 0 saturated heterocycles. The predicted molar refractivity (Wildman–Crippen MR) is 115 cm³/mol. The van der Waals surface area contributed by atoms with Crippen molar-refractivity contribution in [1.82, 2.24) is 10.3 Å². The standard InChI is InChI=1S/C23H24N2S/c1-26-22-11-10-18(21-13-15-25-23(21)22)8-5-9-20-16-19(12-14-24-20)17-6-3-2-4-7-17/h2-8,10-13,15,20,24-25H,9,14,16H2,1H3/b8-5+. The summed E-state index contributed by atoms with van der Waals surface area (Å²) in [5.41, 5.74) is 5.34. The van der Waals surface area contributed by atoms with Crippen molar-refractivity contribution < 1.29 is 0 Å². The molecular weight excluding hydrogens is 336 g/mol. The third-order valence-corrected chi connectivity index (χ3v) is 5.80. The first-order chi connectivity index (χ1) is 12.8. The molecule has 0 aliphatic carbocycles. The molecule has 2 heterocycles. The van der Waals surface area contributed by atoms with Gasteiger partial charge in [0.25, 0.3) is 0 Å². The van der Waals surface area contributed by atoms with Crippen molar-refractivity contribution in [3.63, 3.8) is 0 Å². The van der Waals surface area contributed by atoms with Crippen LogP contribution in [-0.4, -0.2) is 23.8 Å². The highest BCUT2D eigenvalue weighted by molar-refractivity contribution is 7.98. The molecule has 2 N–H and O–H groups in total. The second-order valence-electron chi connectivity index (χ2n) is 6.67. The summed E-state index contributed by atoms with van der Waals surface area (Å²) in [5, 5.41) is 4.92. The Kier molecular flexibility index (Phi) is 5.28. The van der Waals surface area contributed by atoms with Crippen LogP contribution in [0.2, 0.25) is 0 Å². The van der Waals surface area contributed by atoms with Crippen LogP contribution in [0.25, 0.3) is 22.6 Å². The number of fused-ring (bicyclic) bond motifs is 1. The minimum absolute atomic E-state index is 0.499. The van der Waals surface area contributed by atoms with Crippen LogP contribution < -0.4 is 5.32 Å². The molecule has 0 radical (unpaired) electrons. The normalized spacial score (nSPS) is 17.7. The van der Waals surface area contributed by atoms with Gasteiger partial charge in [-0.3, -0.25) is 0 Å². The van der Waals surface area contributed by atoms with Gasteiger partial charge in [0.1, 0.15) is 0 Å². The Labute approximate surface area is 159 Å². The average molecular weight is 361 g/mol. The second-order valence-corrected chi connectivity index (χ2v) is 7.51. The maximum Gasteiger partial charge on any atom is 0.0598 e. The molecule has 3 aromatic rings. The van der Waals surface area contributed by atoms with Crippen LogP contribution in [0.3, 0.4) is 0 Å². The van der Waals surface area contributed by atoms with E-state index in [1.54, 1.807) is 11.8 Å². The highest BCUT2D eigenvalue weighted by Gasteiger charge is 2.14. The van der Waals surface area contributed by atoms with Gasteiger partial charge in [-0.15, -0.1) is 11.8 Å². The maximum atomic E-state index is 3.62. The molecule has 0 spiro atoms. The van der Waals surface area contributed by atoms with E-state index in [9.17, 15) is 0 Å². The van der Waals surface area contributed by atoms with Gasteiger partial charge in [0.15, 0.2) is 0 Å². The van der Waals surface area contributed by atoms with E-state index in [1.807, 2.05) is 6.20 Å². The molecule has 0 bridgehead atoms. The molecule has 2 aromatic carbocycles. The first kappa shape index (κ1) is 17.2. The Morgan fingerprint density at radius 2 is 2.00 bits per heavy atom. The minimum atomic E-state index is 0.499.